The lowest BCUT2D eigenvalue weighted by atomic mass is 9.63. The highest BCUT2D eigenvalue weighted by Crippen LogP contribution is 2.46. The van der Waals surface area contributed by atoms with Crippen molar-refractivity contribution in [2.24, 2.45) is 23.7 Å². The number of aryl methyl sites for hydroxylation is 1. The van der Waals surface area contributed by atoms with E-state index in [2.05, 4.69) is 78.3 Å². The van der Waals surface area contributed by atoms with Crippen LogP contribution in [0, 0.1) is 23.7 Å². The van der Waals surface area contributed by atoms with Gasteiger partial charge in [-0.15, -0.1) is 0 Å². The predicted molar refractivity (Wildman–Crippen MR) is 230 cm³/mol. The number of ether oxygens (including phenoxy) is 3. The van der Waals surface area contributed by atoms with Gasteiger partial charge in [0.25, 0.3) is 5.91 Å². The van der Waals surface area contributed by atoms with Crippen LogP contribution in [0.15, 0.2) is 53.5 Å². The molecule has 57 heavy (non-hydrogen) atoms. The van der Waals surface area contributed by atoms with Gasteiger partial charge in [-0.2, -0.15) is 0 Å². The molecule has 0 aromatic heterocycles. The van der Waals surface area contributed by atoms with Gasteiger partial charge < -0.3 is 19.1 Å². The first-order valence-electron chi connectivity index (χ1n) is 21.4. The number of piperazine rings is 1. The molecular weight excluding hydrogens is 760 g/mol. The van der Waals surface area contributed by atoms with Gasteiger partial charge in [-0.05, 0) is 120 Å². The molecule has 1 aromatic rings. The van der Waals surface area contributed by atoms with E-state index in [0.29, 0.717) is 36.6 Å². The Morgan fingerprint density at radius 3 is 2.46 bits per heavy atom. The zero-order chi connectivity index (χ0) is 41.5. The van der Waals surface area contributed by atoms with Gasteiger partial charge in [-0.3, -0.25) is 14.6 Å². The van der Waals surface area contributed by atoms with Crippen LogP contribution in [0.4, 0.5) is 0 Å². The molecule has 1 aromatic carbocycles. The topological polar surface area (TPSA) is 101 Å². The second-order valence-electron chi connectivity index (χ2n) is 17.8. The van der Waals surface area contributed by atoms with E-state index in [0.717, 1.165) is 93.4 Å². The van der Waals surface area contributed by atoms with E-state index >= 15 is 0 Å². The summed E-state index contributed by atoms with van der Waals surface area (Å²) < 4.78 is 49.6. The number of amides is 1. The summed E-state index contributed by atoms with van der Waals surface area (Å²) in [6.07, 6.45) is 12.0. The fourth-order valence-corrected chi connectivity index (χ4v) is 11.6. The summed E-state index contributed by atoms with van der Waals surface area (Å²) >= 11 is 6.47. The van der Waals surface area contributed by atoms with Gasteiger partial charge >= 0.3 is 0 Å². The van der Waals surface area contributed by atoms with Crippen molar-refractivity contribution in [3.8, 4) is 0 Å². The number of nitrogens with one attached hydrogen (secondary N) is 1. The largest absolute Gasteiger partial charge is 0.491 e. The molecule has 1 aliphatic carbocycles. The van der Waals surface area contributed by atoms with E-state index in [9.17, 15) is 13.2 Å². The monoisotopic (exact) mass is 830 g/mol. The van der Waals surface area contributed by atoms with E-state index in [1.807, 2.05) is 26.2 Å². The van der Waals surface area contributed by atoms with Crippen LogP contribution < -0.4 is 4.72 Å². The molecule has 3 aliphatic heterocycles. The summed E-state index contributed by atoms with van der Waals surface area (Å²) in [5, 5.41) is -0.114. The average Bonchev–Trinajstić information content (AvgIpc) is 3.16. The standard InChI is InChI=1S/C45H71ClN4O6S/c1-31(2)43-41-25-34(6)44(51)47-57(52,53)42(19-24-54-8)33(5)13-12-20-45(55-9,30-48-22-23-50(32(3)4)35(7)27-48)40-18-16-37(40)28-49(41)21-11-10-14-36-26-39(46)17-15-38(36)29-56-43/h12,15,17,20,25-26,31-33,35,37,40,42H,10-11,13-14,16,18-19,21-24,27-30H2,1-9H3,(H,47,51)/b20-12+,34-25+,43-41-/t33-,35+,37-,40+,42+,45-/m0/s1. The molecule has 3 heterocycles. The van der Waals surface area contributed by atoms with Gasteiger partial charge in [0.15, 0.2) is 0 Å². The molecule has 0 spiro atoms. The number of halogens is 1. The fourth-order valence-electron chi connectivity index (χ4n) is 9.67. The van der Waals surface area contributed by atoms with Crippen LogP contribution in [0.3, 0.4) is 0 Å². The van der Waals surface area contributed by atoms with Crippen LogP contribution in [-0.2, 0) is 42.1 Å². The highest BCUT2D eigenvalue weighted by atomic mass is 35.5. The maximum absolute atomic E-state index is 14.1. The SMILES string of the molecule is COCC[C@@H]1[C@@H](C)C/C=C/[C@@](CN2CCN(C(C)C)[C@H](C)C2)(OC)[C@@H]2CC[C@H]2CN2CCCCc3cc(Cl)ccc3CO/C(C(C)C)=C2/C=C(\C)C(=O)NS1(=O)=O. The normalized spacial score (nSPS) is 32.8. The lowest BCUT2D eigenvalue weighted by molar-refractivity contribution is -0.115. The minimum Gasteiger partial charge on any atom is -0.491 e. The van der Waals surface area contributed by atoms with Crippen molar-refractivity contribution >= 4 is 27.5 Å². The molecule has 1 amide bonds. The van der Waals surface area contributed by atoms with Crippen molar-refractivity contribution in [1.82, 2.24) is 19.4 Å². The third-order valence-corrected chi connectivity index (χ3v) is 15.3. The number of rotatable bonds is 8. The minimum atomic E-state index is -4.07. The van der Waals surface area contributed by atoms with E-state index in [1.165, 1.54) is 5.56 Å². The first-order valence-corrected chi connectivity index (χ1v) is 23.3. The van der Waals surface area contributed by atoms with Crippen molar-refractivity contribution in [3.05, 3.63) is 69.6 Å². The molecule has 12 heteroatoms. The van der Waals surface area contributed by atoms with E-state index in [4.69, 9.17) is 25.8 Å². The van der Waals surface area contributed by atoms with Crippen LogP contribution >= 0.6 is 11.6 Å². The Labute approximate surface area is 349 Å². The molecular formula is C45H71ClN4O6S. The Morgan fingerprint density at radius 2 is 1.81 bits per heavy atom. The van der Waals surface area contributed by atoms with Crippen molar-refractivity contribution in [1.29, 1.82) is 0 Å². The number of benzene rings is 1. The highest BCUT2D eigenvalue weighted by molar-refractivity contribution is 7.90. The molecule has 320 valence electrons. The van der Waals surface area contributed by atoms with Crippen LogP contribution in [0.5, 0.6) is 0 Å². The summed E-state index contributed by atoms with van der Waals surface area (Å²) in [5.41, 5.74) is 2.89. The fraction of sp³-hybridized carbons (Fsp3) is 0.711. The molecule has 1 saturated heterocycles. The first-order chi connectivity index (χ1) is 27.1. The molecule has 10 nitrogen and oxygen atoms in total. The number of carbonyl (C=O) groups is 1. The lowest BCUT2D eigenvalue weighted by Crippen LogP contribution is -2.60. The molecule has 2 fully saturated rings. The number of nitrogens with zero attached hydrogens (tertiary/aromatic N) is 3. The molecule has 5 rings (SSSR count). The van der Waals surface area contributed by atoms with Crippen LogP contribution in [0.1, 0.15) is 98.1 Å². The van der Waals surface area contributed by atoms with Crippen LogP contribution in [0.25, 0.3) is 0 Å². The van der Waals surface area contributed by atoms with Crippen LogP contribution in [-0.4, -0.2) is 112 Å². The number of fused-ring (bicyclic) bond motifs is 3. The van der Waals surface area contributed by atoms with Gasteiger partial charge in [0, 0.05) is 88.7 Å². The number of methoxy groups -OCH3 is 2. The third-order valence-electron chi connectivity index (χ3n) is 13.1. The zero-order valence-corrected chi connectivity index (χ0v) is 37.8. The first kappa shape index (κ1) is 45.7. The van der Waals surface area contributed by atoms with Crippen LogP contribution in [0.2, 0.25) is 5.02 Å². The van der Waals surface area contributed by atoms with Gasteiger partial charge in [-0.1, -0.05) is 50.6 Å². The third kappa shape index (κ3) is 11.3. The predicted octanol–water partition coefficient (Wildman–Crippen LogP) is 7.58. The van der Waals surface area contributed by atoms with Gasteiger partial charge in [-0.25, -0.2) is 13.1 Å². The summed E-state index contributed by atoms with van der Waals surface area (Å²) in [7, 11) is -0.639. The molecule has 0 radical (unpaired) electrons. The highest BCUT2D eigenvalue weighted by Gasteiger charge is 2.49. The van der Waals surface area contributed by atoms with Gasteiger partial charge in [0.2, 0.25) is 10.0 Å². The number of hydrogen-bond donors (Lipinski definition) is 1. The molecule has 0 bridgehead atoms. The summed E-state index contributed by atoms with van der Waals surface area (Å²) in [6.45, 7) is 20.7. The minimum absolute atomic E-state index is 0.00982. The number of sulfonamides is 1. The Kier molecular flexibility index (Phi) is 16.2. The van der Waals surface area contributed by atoms with E-state index in [1.54, 1.807) is 14.0 Å². The quantitative estimate of drug-likeness (QED) is 0.266. The molecule has 6 atom stereocenters. The molecule has 1 N–H and O–H groups in total. The second-order valence-corrected chi connectivity index (χ2v) is 20.1. The maximum Gasteiger partial charge on any atom is 0.260 e. The lowest BCUT2D eigenvalue weighted by Gasteiger charge is -2.52. The summed E-state index contributed by atoms with van der Waals surface area (Å²) in [4.78, 5) is 21.5. The van der Waals surface area contributed by atoms with Gasteiger partial charge in [0.05, 0.1) is 10.9 Å². The van der Waals surface area contributed by atoms with Crippen molar-refractivity contribution in [2.45, 2.75) is 123 Å². The molecule has 4 aliphatic rings. The average molecular weight is 832 g/mol. The smallest absolute Gasteiger partial charge is 0.260 e. The summed E-state index contributed by atoms with van der Waals surface area (Å²) in [5.74, 6) is 0.450. The summed E-state index contributed by atoms with van der Waals surface area (Å²) in [6, 6.07) is 6.94. The number of allylic oxidation sites excluding steroid dienone is 3. The Hall–Kier alpha value is -2.41. The maximum atomic E-state index is 14.1. The van der Waals surface area contributed by atoms with Crippen molar-refractivity contribution in [3.63, 3.8) is 0 Å². The molecule has 1 saturated carbocycles. The number of hydrogen-bond acceptors (Lipinski definition) is 9. The van der Waals surface area contributed by atoms with E-state index in [-0.39, 0.29) is 30.8 Å². The van der Waals surface area contributed by atoms with Gasteiger partial charge in [0.1, 0.15) is 18.0 Å². The van der Waals surface area contributed by atoms with Crippen molar-refractivity contribution in [2.75, 3.05) is 60.1 Å². The second kappa shape index (κ2) is 20.2. The number of carbonyl (C=O) groups excluding carboxylic acids is 1. The molecule has 0 unspecified atom stereocenters. The van der Waals surface area contributed by atoms with Crippen molar-refractivity contribution < 1.29 is 27.4 Å². The Balaban J connectivity index is 1.62. The Bertz CT molecular complexity index is 1730. The zero-order valence-electron chi connectivity index (χ0n) is 36.2. The van der Waals surface area contributed by atoms with E-state index < -0.39 is 26.8 Å². The Morgan fingerprint density at radius 1 is 1.04 bits per heavy atom.